The molecule has 0 spiro atoms. The fourth-order valence-corrected chi connectivity index (χ4v) is 3.19. The van der Waals surface area contributed by atoms with Crippen molar-refractivity contribution in [1.82, 2.24) is 4.72 Å². The number of nitrogens with one attached hydrogen (secondary N) is 2. The van der Waals surface area contributed by atoms with E-state index in [1.807, 2.05) is 18.2 Å². The van der Waals surface area contributed by atoms with Gasteiger partial charge in [0.25, 0.3) is 5.91 Å². The molecule has 5 nitrogen and oxygen atoms in total. The number of rotatable bonds is 4. The van der Waals surface area contributed by atoms with Crippen LogP contribution in [0.15, 0.2) is 47.4 Å². The molecule has 0 bridgehead atoms. The molecule has 2 aromatic carbocycles. The van der Waals surface area contributed by atoms with Gasteiger partial charge in [0.15, 0.2) is 0 Å². The molecule has 0 saturated carbocycles. The number of carbonyl (C=O) groups is 1. The number of carbonyl (C=O) groups excluding carboxylic acids is 1. The number of sulfonamides is 1. The number of hydrogen-bond donors (Lipinski definition) is 2. The number of benzene rings is 2. The summed E-state index contributed by atoms with van der Waals surface area (Å²) >= 11 is 2.16. The van der Waals surface area contributed by atoms with Crippen molar-refractivity contribution < 1.29 is 13.2 Å². The molecular formula is C15H15IN2O3S. The summed E-state index contributed by atoms with van der Waals surface area (Å²) in [5, 5.41) is 2.78. The normalized spacial score (nSPS) is 11.2. The largest absolute Gasteiger partial charge is 0.322 e. The summed E-state index contributed by atoms with van der Waals surface area (Å²) in [4.78, 5) is 12.4. The highest BCUT2D eigenvalue weighted by Gasteiger charge is 2.16. The van der Waals surface area contributed by atoms with Gasteiger partial charge in [-0.3, -0.25) is 4.79 Å². The third-order valence-electron chi connectivity index (χ3n) is 3.12. The van der Waals surface area contributed by atoms with E-state index in [-0.39, 0.29) is 10.8 Å². The lowest BCUT2D eigenvalue weighted by atomic mass is 10.1. The highest BCUT2D eigenvalue weighted by molar-refractivity contribution is 14.1. The van der Waals surface area contributed by atoms with Gasteiger partial charge in [-0.2, -0.15) is 0 Å². The Morgan fingerprint density at radius 1 is 1.14 bits per heavy atom. The Bertz CT molecular complexity index is 819. The Kier molecular flexibility index (Phi) is 5.20. The molecule has 116 valence electrons. The molecule has 0 aromatic heterocycles. The molecule has 1 amide bonds. The number of hydrogen-bond acceptors (Lipinski definition) is 3. The van der Waals surface area contributed by atoms with Crippen LogP contribution in [0.1, 0.15) is 15.9 Å². The smallest absolute Gasteiger partial charge is 0.255 e. The first-order valence-corrected chi connectivity index (χ1v) is 9.01. The van der Waals surface area contributed by atoms with Gasteiger partial charge < -0.3 is 5.32 Å². The van der Waals surface area contributed by atoms with Crippen LogP contribution in [0.5, 0.6) is 0 Å². The Morgan fingerprint density at radius 3 is 2.50 bits per heavy atom. The molecule has 0 atom stereocenters. The summed E-state index contributed by atoms with van der Waals surface area (Å²) in [6, 6.07) is 11.8. The Hall–Kier alpha value is -1.45. The van der Waals surface area contributed by atoms with Crippen molar-refractivity contribution in [2.24, 2.45) is 0 Å². The summed E-state index contributed by atoms with van der Waals surface area (Å²) in [5.41, 5.74) is 1.70. The monoisotopic (exact) mass is 430 g/mol. The second-order valence-electron chi connectivity index (χ2n) is 4.65. The van der Waals surface area contributed by atoms with Crippen LogP contribution in [0.4, 0.5) is 5.69 Å². The van der Waals surface area contributed by atoms with E-state index < -0.39 is 10.0 Å². The van der Waals surface area contributed by atoms with Crippen LogP contribution in [-0.4, -0.2) is 21.4 Å². The predicted molar refractivity (Wildman–Crippen MR) is 94.5 cm³/mol. The third-order valence-corrected chi connectivity index (χ3v) is 5.20. The molecule has 0 saturated heterocycles. The van der Waals surface area contributed by atoms with E-state index in [0.717, 1.165) is 3.57 Å². The maximum Gasteiger partial charge on any atom is 0.255 e. The van der Waals surface area contributed by atoms with E-state index in [9.17, 15) is 13.2 Å². The van der Waals surface area contributed by atoms with Crippen molar-refractivity contribution in [1.29, 1.82) is 0 Å². The van der Waals surface area contributed by atoms with E-state index in [2.05, 4.69) is 32.6 Å². The van der Waals surface area contributed by atoms with Crippen molar-refractivity contribution in [3.63, 3.8) is 0 Å². The second-order valence-corrected chi connectivity index (χ2v) is 7.78. The van der Waals surface area contributed by atoms with Crippen LogP contribution in [0.3, 0.4) is 0 Å². The van der Waals surface area contributed by atoms with E-state index in [4.69, 9.17) is 0 Å². The van der Waals surface area contributed by atoms with E-state index in [0.29, 0.717) is 16.8 Å². The summed E-state index contributed by atoms with van der Waals surface area (Å²) in [7, 11) is -2.25. The van der Waals surface area contributed by atoms with Crippen LogP contribution >= 0.6 is 22.6 Å². The van der Waals surface area contributed by atoms with Crippen LogP contribution < -0.4 is 10.0 Å². The zero-order valence-corrected chi connectivity index (χ0v) is 15.0. The fourth-order valence-electron chi connectivity index (χ4n) is 1.90. The number of aryl methyl sites for hydroxylation is 1. The van der Waals surface area contributed by atoms with Crippen molar-refractivity contribution >= 4 is 44.2 Å². The van der Waals surface area contributed by atoms with E-state index in [1.54, 1.807) is 19.1 Å². The first-order valence-electron chi connectivity index (χ1n) is 6.44. The zero-order chi connectivity index (χ0) is 16.3. The maximum atomic E-state index is 12.4. The predicted octanol–water partition coefficient (Wildman–Crippen LogP) is 2.76. The van der Waals surface area contributed by atoms with Crippen molar-refractivity contribution in [2.75, 3.05) is 12.4 Å². The lowest BCUT2D eigenvalue weighted by molar-refractivity contribution is 0.102. The van der Waals surface area contributed by atoms with Gasteiger partial charge in [-0.25, -0.2) is 13.1 Å². The Morgan fingerprint density at radius 2 is 1.86 bits per heavy atom. The molecule has 7 heteroatoms. The highest BCUT2D eigenvalue weighted by atomic mass is 127. The van der Waals surface area contributed by atoms with Gasteiger partial charge in [-0.05, 0) is 72.5 Å². The van der Waals surface area contributed by atoms with Gasteiger partial charge in [0, 0.05) is 14.8 Å². The van der Waals surface area contributed by atoms with Gasteiger partial charge in [0.05, 0.1) is 4.90 Å². The Balaban J connectivity index is 2.35. The average molecular weight is 430 g/mol. The van der Waals surface area contributed by atoms with Crippen molar-refractivity contribution in [2.45, 2.75) is 11.8 Å². The standard InChI is InChI=1S/C15H15IN2O3S/c1-10-6-7-13(22(20,21)17-2)9-14(10)15(19)18-12-5-3-4-11(16)8-12/h3-9,17H,1-2H3,(H,18,19). The molecule has 2 rings (SSSR count). The molecular weight excluding hydrogens is 415 g/mol. The van der Waals surface area contributed by atoms with E-state index >= 15 is 0 Å². The first-order chi connectivity index (χ1) is 10.3. The molecule has 2 N–H and O–H groups in total. The van der Waals surface area contributed by atoms with Gasteiger partial charge in [-0.15, -0.1) is 0 Å². The minimum absolute atomic E-state index is 0.0633. The molecule has 22 heavy (non-hydrogen) atoms. The third kappa shape index (κ3) is 3.84. The summed E-state index contributed by atoms with van der Waals surface area (Å²) in [5.74, 6) is -0.340. The lowest BCUT2D eigenvalue weighted by Gasteiger charge is -2.10. The Labute approximate surface area is 143 Å². The van der Waals surface area contributed by atoms with Crippen LogP contribution in [0, 0.1) is 10.5 Å². The van der Waals surface area contributed by atoms with Crippen LogP contribution in [0.2, 0.25) is 0 Å². The maximum absolute atomic E-state index is 12.4. The molecule has 0 unspecified atom stereocenters. The van der Waals surface area contributed by atoms with Gasteiger partial charge in [0.1, 0.15) is 0 Å². The summed E-state index contributed by atoms with van der Waals surface area (Å²) < 4.78 is 26.9. The molecule has 2 aromatic rings. The lowest BCUT2D eigenvalue weighted by Crippen LogP contribution is -2.20. The van der Waals surface area contributed by atoms with Crippen LogP contribution in [-0.2, 0) is 10.0 Å². The summed E-state index contributed by atoms with van der Waals surface area (Å²) in [6.07, 6.45) is 0. The molecule has 0 fully saturated rings. The SMILES string of the molecule is CNS(=O)(=O)c1ccc(C)c(C(=O)Nc2cccc(I)c2)c1. The average Bonchev–Trinajstić information content (AvgIpc) is 2.47. The molecule has 0 aliphatic rings. The molecule has 0 heterocycles. The quantitative estimate of drug-likeness (QED) is 0.733. The van der Waals surface area contributed by atoms with Gasteiger partial charge in [0.2, 0.25) is 10.0 Å². The first kappa shape index (κ1) is 16.9. The molecule has 0 aliphatic heterocycles. The fraction of sp³-hybridized carbons (Fsp3) is 0.133. The van der Waals surface area contributed by atoms with Crippen molar-refractivity contribution in [3.05, 3.63) is 57.2 Å². The van der Waals surface area contributed by atoms with Gasteiger partial charge in [-0.1, -0.05) is 12.1 Å². The molecule has 0 radical (unpaired) electrons. The van der Waals surface area contributed by atoms with Crippen molar-refractivity contribution in [3.8, 4) is 0 Å². The zero-order valence-electron chi connectivity index (χ0n) is 12.1. The number of amides is 1. The molecule has 0 aliphatic carbocycles. The summed E-state index contributed by atoms with van der Waals surface area (Å²) in [6.45, 7) is 1.76. The second kappa shape index (κ2) is 6.76. The highest BCUT2D eigenvalue weighted by Crippen LogP contribution is 2.18. The number of anilines is 1. The minimum atomic E-state index is -3.58. The number of halogens is 1. The minimum Gasteiger partial charge on any atom is -0.322 e. The van der Waals surface area contributed by atoms with Gasteiger partial charge >= 0.3 is 0 Å². The van der Waals surface area contributed by atoms with E-state index in [1.165, 1.54) is 19.2 Å². The van der Waals surface area contributed by atoms with Crippen LogP contribution in [0.25, 0.3) is 0 Å². The topological polar surface area (TPSA) is 75.3 Å².